The van der Waals surface area contributed by atoms with Crippen molar-refractivity contribution < 1.29 is 0 Å². The highest BCUT2D eigenvalue weighted by Crippen LogP contribution is 2.42. The van der Waals surface area contributed by atoms with Crippen LogP contribution in [0.2, 0.25) is 0 Å². The maximum Gasteiger partial charge on any atom is 0.113 e. The van der Waals surface area contributed by atoms with Gasteiger partial charge in [0.2, 0.25) is 0 Å². The first kappa shape index (κ1) is 15.5. The first-order valence-electron chi connectivity index (χ1n) is 8.86. The molecule has 0 amide bonds. The fourth-order valence-corrected chi connectivity index (χ4v) is 4.83. The van der Waals surface area contributed by atoms with Crippen LogP contribution in [0.5, 0.6) is 0 Å². The first-order chi connectivity index (χ1) is 10.1. The molecule has 0 saturated heterocycles. The third-order valence-electron chi connectivity index (χ3n) is 5.35. The van der Waals surface area contributed by atoms with Crippen LogP contribution >= 0.6 is 11.3 Å². The molecule has 21 heavy (non-hydrogen) atoms. The molecule has 2 fully saturated rings. The molecular formula is C18H30N2S. The van der Waals surface area contributed by atoms with Crippen LogP contribution in [0.3, 0.4) is 0 Å². The van der Waals surface area contributed by atoms with Gasteiger partial charge >= 0.3 is 0 Å². The van der Waals surface area contributed by atoms with Gasteiger partial charge in [0.25, 0.3) is 0 Å². The van der Waals surface area contributed by atoms with Crippen molar-refractivity contribution in [3.05, 3.63) is 16.1 Å². The van der Waals surface area contributed by atoms with E-state index in [9.17, 15) is 0 Å². The van der Waals surface area contributed by atoms with E-state index >= 15 is 0 Å². The molecular weight excluding hydrogens is 276 g/mol. The third kappa shape index (κ3) is 3.50. The van der Waals surface area contributed by atoms with Crippen LogP contribution in [0, 0.1) is 5.92 Å². The molecule has 0 spiro atoms. The summed E-state index contributed by atoms with van der Waals surface area (Å²) in [5, 5.41) is 7.67. The molecule has 2 aliphatic carbocycles. The Labute approximate surface area is 133 Å². The smallest absolute Gasteiger partial charge is 0.113 e. The summed E-state index contributed by atoms with van der Waals surface area (Å²) >= 11 is 1.90. The Balaban J connectivity index is 1.84. The fraction of sp³-hybridized carbons (Fsp3) is 0.833. The minimum Gasteiger partial charge on any atom is -0.303 e. The normalized spacial score (nSPS) is 30.6. The molecule has 2 unspecified atom stereocenters. The van der Waals surface area contributed by atoms with Crippen molar-refractivity contribution in [2.75, 3.05) is 0 Å². The van der Waals surface area contributed by atoms with Crippen molar-refractivity contribution in [3.8, 4) is 0 Å². The monoisotopic (exact) mass is 306 g/mol. The highest BCUT2D eigenvalue weighted by Gasteiger charge is 2.41. The van der Waals surface area contributed by atoms with Gasteiger partial charge in [-0.2, -0.15) is 0 Å². The molecule has 2 saturated carbocycles. The van der Waals surface area contributed by atoms with Gasteiger partial charge in [-0.15, -0.1) is 11.3 Å². The Hall–Kier alpha value is -0.410. The fourth-order valence-electron chi connectivity index (χ4n) is 3.63. The van der Waals surface area contributed by atoms with Gasteiger partial charge in [-0.3, -0.25) is 0 Å². The average molecular weight is 307 g/mol. The van der Waals surface area contributed by atoms with E-state index in [1.165, 1.54) is 62.1 Å². The van der Waals surface area contributed by atoms with Gasteiger partial charge in [0, 0.05) is 11.4 Å². The van der Waals surface area contributed by atoms with Gasteiger partial charge in [-0.1, -0.05) is 40.0 Å². The predicted molar refractivity (Wildman–Crippen MR) is 90.9 cm³/mol. The molecule has 2 atom stereocenters. The lowest BCUT2D eigenvalue weighted by Gasteiger charge is -2.32. The zero-order chi connectivity index (χ0) is 14.9. The lowest BCUT2D eigenvalue weighted by atomic mass is 9.89. The van der Waals surface area contributed by atoms with Crippen molar-refractivity contribution in [2.24, 2.45) is 5.92 Å². The number of hydrogen-bond acceptors (Lipinski definition) is 3. The topological polar surface area (TPSA) is 24.9 Å². The minimum absolute atomic E-state index is 0.183. The molecule has 2 nitrogen and oxygen atoms in total. The maximum absolute atomic E-state index is 5.03. The van der Waals surface area contributed by atoms with E-state index in [0.29, 0.717) is 5.92 Å². The molecule has 118 valence electrons. The number of rotatable bonds is 5. The molecule has 0 aromatic carbocycles. The van der Waals surface area contributed by atoms with E-state index in [4.69, 9.17) is 4.98 Å². The van der Waals surface area contributed by atoms with Crippen LogP contribution < -0.4 is 5.32 Å². The van der Waals surface area contributed by atoms with Crippen LogP contribution in [0.4, 0.5) is 0 Å². The summed E-state index contributed by atoms with van der Waals surface area (Å²) in [4.78, 5) is 5.03. The average Bonchev–Trinajstić information content (AvgIpc) is 3.18. The SMILES string of the molecule is CCC1CCCC(NC2CC2)(c2nc(C(C)C)cs2)CC1. The van der Waals surface area contributed by atoms with Crippen LogP contribution in [-0.2, 0) is 5.54 Å². The van der Waals surface area contributed by atoms with Gasteiger partial charge in [-0.05, 0) is 43.9 Å². The Morgan fingerprint density at radius 1 is 1.29 bits per heavy atom. The van der Waals surface area contributed by atoms with Gasteiger partial charge in [0.05, 0.1) is 11.2 Å². The number of nitrogens with zero attached hydrogens (tertiary/aromatic N) is 1. The van der Waals surface area contributed by atoms with E-state index < -0.39 is 0 Å². The summed E-state index contributed by atoms with van der Waals surface area (Å²) in [7, 11) is 0. The molecule has 0 aliphatic heterocycles. The lowest BCUT2D eigenvalue weighted by Crippen LogP contribution is -2.43. The van der Waals surface area contributed by atoms with Crippen LogP contribution in [0.25, 0.3) is 0 Å². The molecule has 3 heteroatoms. The summed E-state index contributed by atoms with van der Waals surface area (Å²) in [5.41, 5.74) is 1.46. The number of aromatic nitrogens is 1. The zero-order valence-electron chi connectivity index (χ0n) is 13.8. The molecule has 1 N–H and O–H groups in total. The Bertz CT molecular complexity index is 464. The number of nitrogens with one attached hydrogen (secondary N) is 1. The molecule has 0 bridgehead atoms. The summed E-state index contributed by atoms with van der Waals surface area (Å²) in [5.74, 6) is 1.47. The van der Waals surface area contributed by atoms with E-state index in [1.54, 1.807) is 0 Å². The molecule has 2 aliphatic rings. The summed E-state index contributed by atoms with van der Waals surface area (Å²) in [6, 6.07) is 0.759. The lowest BCUT2D eigenvalue weighted by molar-refractivity contribution is 0.280. The standard InChI is InChI=1S/C18H30N2S/c1-4-14-6-5-10-18(11-9-14,20-15-7-8-15)17-19-16(12-21-17)13(2)3/h12-15,20H,4-11H2,1-3H3. The van der Waals surface area contributed by atoms with Crippen molar-refractivity contribution in [2.45, 2.75) is 89.6 Å². The van der Waals surface area contributed by atoms with Crippen molar-refractivity contribution >= 4 is 11.3 Å². The summed E-state index contributed by atoms with van der Waals surface area (Å²) in [6.07, 6.45) is 10.8. The van der Waals surface area contributed by atoms with Crippen LogP contribution in [0.15, 0.2) is 5.38 Å². The predicted octanol–water partition coefficient (Wildman–Crippen LogP) is 5.20. The molecule has 1 aromatic heterocycles. The number of thiazole rings is 1. The molecule has 1 heterocycles. The largest absolute Gasteiger partial charge is 0.303 e. The molecule has 1 aromatic rings. The van der Waals surface area contributed by atoms with Crippen molar-refractivity contribution in [1.29, 1.82) is 0 Å². The second-order valence-corrected chi connectivity index (χ2v) is 8.30. The maximum atomic E-state index is 5.03. The highest BCUT2D eigenvalue weighted by atomic mass is 32.1. The van der Waals surface area contributed by atoms with E-state index in [2.05, 4.69) is 31.5 Å². The summed E-state index contributed by atoms with van der Waals surface area (Å²) in [6.45, 7) is 6.85. The van der Waals surface area contributed by atoms with E-state index in [1.807, 2.05) is 11.3 Å². The minimum atomic E-state index is 0.183. The van der Waals surface area contributed by atoms with Gasteiger partial charge in [-0.25, -0.2) is 4.98 Å². The second-order valence-electron chi connectivity index (χ2n) is 7.44. The summed E-state index contributed by atoms with van der Waals surface area (Å²) < 4.78 is 0. The zero-order valence-corrected chi connectivity index (χ0v) is 14.6. The second kappa shape index (κ2) is 6.37. The first-order valence-corrected chi connectivity index (χ1v) is 9.74. The third-order valence-corrected chi connectivity index (χ3v) is 6.42. The van der Waals surface area contributed by atoms with Crippen LogP contribution in [-0.4, -0.2) is 11.0 Å². The van der Waals surface area contributed by atoms with E-state index in [-0.39, 0.29) is 5.54 Å². The number of hydrogen-bond donors (Lipinski definition) is 1. The quantitative estimate of drug-likeness (QED) is 0.756. The van der Waals surface area contributed by atoms with Crippen LogP contribution in [0.1, 0.15) is 88.8 Å². The molecule has 0 radical (unpaired) electrons. The Morgan fingerprint density at radius 2 is 2.10 bits per heavy atom. The van der Waals surface area contributed by atoms with Gasteiger partial charge < -0.3 is 5.32 Å². The van der Waals surface area contributed by atoms with Crippen molar-refractivity contribution in [1.82, 2.24) is 10.3 Å². The highest BCUT2D eigenvalue weighted by molar-refractivity contribution is 7.09. The Morgan fingerprint density at radius 3 is 2.71 bits per heavy atom. The van der Waals surface area contributed by atoms with Gasteiger partial charge in [0.15, 0.2) is 0 Å². The van der Waals surface area contributed by atoms with Gasteiger partial charge in [0.1, 0.15) is 5.01 Å². The Kier molecular flexibility index (Phi) is 4.70. The van der Waals surface area contributed by atoms with Crippen molar-refractivity contribution in [3.63, 3.8) is 0 Å². The molecule has 3 rings (SSSR count). The van der Waals surface area contributed by atoms with E-state index in [0.717, 1.165) is 12.0 Å².